The lowest BCUT2D eigenvalue weighted by molar-refractivity contribution is -0.143. The summed E-state index contributed by atoms with van der Waals surface area (Å²) in [5.74, 6) is 18.9. The Morgan fingerprint density at radius 1 is 0.260 bits per heavy atom. The highest BCUT2D eigenvalue weighted by Crippen LogP contribution is 2.43. The molecule has 1 saturated carbocycles. The number of hydrogen-bond acceptors (Lipinski definition) is 12. The fourth-order valence-corrected chi connectivity index (χ4v) is 32.8. The Morgan fingerprint density at radius 3 is 0.672 bits per heavy atom. The molecule has 0 N–H and O–H groups in total. The fraction of sp³-hybridized carbons (Fsp3) is 0.416. The van der Waals surface area contributed by atoms with Crippen LogP contribution in [0.5, 0.6) is 34.5 Å². The molecule has 0 amide bonds. The maximum absolute atomic E-state index is 12.4. The number of esters is 6. The molecule has 0 bridgehead atoms. The second kappa shape index (κ2) is 47.3. The summed E-state index contributed by atoms with van der Waals surface area (Å²) in [5, 5.41) is 13.9. The van der Waals surface area contributed by atoms with Crippen LogP contribution >= 0.6 is 0 Å². The van der Waals surface area contributed by atoms with Gasteiger partial charge in [-0.25, -0.2) is 0 Å². The summed E-state index contributed by atoms with van der Waals surface area (Å²) < 4.78 is 33.7. The van der Waals surface area contributed by atoms with Crippen molar-refractivity contribution in [1.29, 1.82) is 0 Å². The standard InChI is InChI=1S/C21H25O2S.C20H25O2S.C19H23O2S.2C18H21O2S.C17H19O2S/c22-21(16-8-2-3-9-16)23-19-12-13-20(24-14-6-1-7-15-24)18-11-5-4-10-17(18)19;1-20(2,3)19(21)22-17-11-12-18(23-13-7-4-8-14-23)16-10-6-5-9-15(16)17;1-19(2,3)18(20)21-16-10-11-17(22-12-6-7-13-22)15-9-5-4-8-14(15)16;1-13(2)18(19)20-16-9-10-17(21-11-5-6-12-21)15-8-4-3-7-14(15)16;1-2-18(19)20-16-10-11-17(21-12-6-3-7-13-21)15-9-5-4-8-14(15)16;1-2-17(18)19-15-9-10-16(20-11-5-6-12-20)14-8-4-3-7-13(14)15/h4-5,10-13,16H,1-3,6-9,14-15H2;5-6,9-12H,4,7-8,13-14H2,1-3H3;4-5,8-11H,6-7,12-13H2,1-3H3;3-4,7-10,13H,5-6,11-12H2,1-2H3;4-5,8-11H,2-3,6-7,12-13H2,1H3;3-4,7-10H,2,5-6,11-12H2,1H3/q6*+1. The van der Waals surface area contributed by atoms with Crippen molar-refractivity contribution in [2.75, 3.05) is 69.0 Å². The van der Waals surface area contributed by atoms with Gasteiger partial charge in [0, 0.05) is 143 Å². The summed E-state index contributed by atoms with van der Waals surface area (Å²) in [6.45, 7) is 18.7. The van der Waals surface area contributed by atoms with Gasteiger partial charge >= 0.3 is 35.8 Å². The molecule has 7 fully saturated rings. The van der Waals surface area contributed by atoms with Crippen molar-refractivity contribution >= 4 is 166 Å². The second-order valence-corrected chi connectivity index (χ2v) is 50.7. The van der Waals surface area contributed by atoms with Gasteiger partial charge in [0.05, 0.1) is 22.7 Å². The molecule has 6 aliphatic heterocycles. The van der Waals surface area contributed by atoms with E-state index in [4.69, 9.17) is 28.4 Å². The lowest BCUT2D eigenvalue weighted by Gasteiger charge is -2.19. The van der Waals surface area contributed by atoms with Crippen molar-refractivity contribution in [2.45, 2.75) is 233 Å². The fourth-order valence-electron chi connectivity index (χ4n) is 17.8. The maximum atomic E-state index is 12.4. The summed E-state index contributed by atoms with van der Waals surface area (Å²) in [6, 6.07) is 74.9. The van der Waals surface area contributed by atoms with Gasteiger partial charge in [0.25, 0.3) is 0 Å². The SMILES string of the molecule is CC(C)(C)C(=O)Oc1ccc([S+]2CCCC2)c2ccccc12.CC(C)(C)C(=O)Oc1ccc([S+]2CCCCC2)c2ccccc12.CC(C)C(=O)Oc1ccc([S+]2CCCC2)c2ccccc12.CCC(=O)Oc1ccc([S+]2CCCC2)c2ccccc12.CCC(=O)Oc1ccc([S+]2CCCCC2)c2ccccc12.O=C(Oc1ccc([S+]2CCCCC2)c2ccccc12)C1CCCC1. The highest BCUT2D eigenvalue weighted by atomic mass is 32.2. The minimum atomic E-state index is -0.495. The number of rotatable bonds is 16. The topological polar surface area (TPSA) is 158 Å². The van der Waals surface area contributed by atoms with Crippen molar-refractivity contribution < 1.29 is 57.2 Å². The number of ether oxygens (including phenoxy) is 6. The largest absolute Gasteiger partial charge is 0.426 e. The Balaban J connectivity index is 0.000000127. The number of benzene rings is 12. The minimum Gasteiger partial charge on any atom is -0.426 e. The molecule has 0 radical (unpaired) electrons. The molecule has 7 aliphatic rings. The molecular formula is C113H134O12S6+6. The van der Waals surface area contributed by atoms with Crippen LogP contribution < -0.4 is 28.4 Å². The van der Waals surface area contributed by atoms with Gasteiger partial charge in [-0.2, -0.15) is 0 Å². The molecule has 18 heteroatoms. The van der Waals surface area contributed by atoms with Crippen molar-refractivity contribution in [3.05, 3.63) is 218 Å². The lowest BCUT2D eigenvalue weighted by Crippen LogP contribution is -2.25. The van der Waals surface area contributed by atoms with Gasteiger partial charge in [-0.3, -0.25) is 28.8 Å². The smallest absolute Gasteiger partial charge is 0.316 e. The zero-order valence-electron chi connectivity index (χ0n) is 78.6. The first-order valence-electron chi connectivity index (χ1n) is 48.0. The Morgan fingerprint density at radius 2 is 0.458 bits per heavy atom. The van der Waals surface area contributed by atoms with Gasteiger partial charge in [0.2, 0.25) is 0 Å². The zero-order chi connectivity index (χ0) is 92.0. The summed E-state index contributed by atoms with van der Waals surface area (Å²) in [6.07, 6.45) is 25.2. The van der Waals surface area contributed by atoms with E-state index in [1.165, 1.54) is 227 Å². The van der Waals surface area contributed by atoms with E-state index in [0.717, 1.165) is 63.8 Å². The maximum Gasteiger partial charge on any atom is 0.316 e. The van der Waals surface area contributed by atoms with Crippen LogP contribution in [0.15, 0.2) is 248 Å². The molecule has 19 rings (SSSR count). The first-order valence-corrected chi connectivity index (χ1v) is 57.3. The van der Waals surface area contributed by atoms with Gasteiger partial charge in [0.15, 0.2) is 29.4 Å². The van der Waals surface area contributed by atoms with Crippen LogP contribution in [0.1, 0.15) is 204 Å². The molecular weight excluding hydrogens is 1740 g/mol. The van der Waals surface area contributed by atoms with Gasteiger partial charge in [-0.1, -0.05) is 150 Å². The van der Waals surface area contributed by atoms with Crippen LogP contribution in [0.25, 0.3) is 64.6 Å². The summed E-state index contributed by atoms with van der Waals surface area (Å²) in [7, 11) is 2.14. The molecule has 12 nitrogen and oxygen atoms in total. The lowest BCUT2D eigenvalue weighted by atomic mass is 9.97. The van der Waals surface area contributed by atoms with Gasteiger partial charge < -0.3 is 28.4 Å². The molecule has 1 aliphatic carbocycles. The van der Waals surface area contributed by atoms with E-state index in [1.807, 2.05) is 142 Å². The van der Waals surface area contributed by atoms with Crippen molar-refractivity contribution in [3.8, 4) is 34.5 Å². The summed E-state index contributed by atoms with van der Waals surface area (Å²) >= 11 is 0. The van der Waals surface area contributed by atoms with E-state index in [2.05, 4.69) is 146 Å². The molecule has 6 heterocycles. The van der Waals surface area contributed by atoms with E-state index >= 15 is 0 Å². The van der Waals surface area contributed by atoms with Crippen LogP contribution in [0.3, 0.4) is 0 Å². The third-order valence-corrected chi connectivity index (χ3v) is 40.4. The van der Waals surface area contributed by atoms with Crippen molar-refractivity contribution in [3.63, 3.8) is 0 Å². The van der Waals surface area contributed by atoms with E-state index in [1.54, 1.807) is 0 Å². The Hall–Kier alpha value is -8.88. The monoisotopic (exact) mass is 1870 g/mol. The predicted octanol–water partition coefficient (Wildman–Crippen LogP) is 27.0. The third kappa shape index (κ3) is 25.6. The van der Waals surface area contributed by atoms with Crippen LogP contribution in [0, 0.1) is 22.7 Å². The highest BCUT2D eigenvalue weighted by Gasteiger charge is 2.37. The third-order valence-electron chi connectivity index (χ3n) is 25.1. The molecule has 0 spiro atoms. The van der Waals surface area contributed by atoms with Gasteiger partial charge in [0.1, 0.15) is 104 Å². The summed E-state index contributed by atoms with van der Waals surface area (Å²) in [4.78, 5) is 80.5. The Bertz CT molecular complexity index is 5930. The van der Waals surface area contributed by atoms with Crippen LogP contribution in [-0.4, -0.2) is 105 Å². The predicted molar refractivity (Wildman–Crippen MR) is 555 cm³/mol. The zero-order valence-corrected chi connectivity index (χ0v) is 83.5. The normalized spacial score (nSPS) is 16.7. The van der Waals surface area contributed by atoms with E-state index in [-0.39, 0.29) is 47.7 Å². The van der Waals surface area contributed by atoms with Crippen LogP contribution in [0.2, 0.25) is 0 Å². The van der Waals surface area contributed by atoms with Gasteiger partial charge in [-0.15, -0.1) is 0 Å². The highest BCUT2D eigenvalue weighted by molar-refractivity contribution is 7.98. The number of carbonyl (C=O) groups excluding carboxylic acids is 6. The first-order chi connectivity index (χ1) is 63.5. The minimum absolute atomic E-state index is 0.0366. The molecule has 0 aromatic heterocycles. The average molecular weight is 1880 g/mol. The number of hydrogen-bond donors (Lipinski definition) is 0. The Kier molecular flexibility index (Phi) is 35.5. The molecule has 0 unspecified atom stereocenters. The quantitative estimate of drug-likeness (QED) is 0.0513. The molecule has 0 atom stereocenters. The molecule has 6 saturated heterocycles. The average Bonchev–Trinajstić information content (AvgIpc) is 0.846. The van der Waals surface area contributed by atoms with Crippen molar-refractivity contribution in [2.24, 2.45) is 22.7 Å². The number of carbonyl (C=O) groups is 6. The summed E-state index contributed by atoms with van der Waals surface area (Å²) in [5.41, 5.74) is -0.988. The molecule has 131 heavy (non-hydrogen) atoms. The van der Waals surface area contributed by atoms with Gasteiger partial charge in [-0.05, 0) is 260 Å². The van der Waals surface area contributed by atoms with E-state index in [0.29, 0.717) is 107 Å². The second-order valence-electron chi connectivity index (χ2n) is 37.3. The number of fused-ring (bicyclic) bond motifs is 6. The molecule has 12 aromatic rings. The first kappa shape index (κ1) is 98.1. The van der Waals surface area contributed by atoms with E-state index < -0.39 is 10.8 Å². The van der Waals surface area contributed by atoms with Crippen LogP contribution in [-0.2, 0) is 94.1 Å². The van der Waals surface area contributed by atoms with Crippen LogP contribution in [0.4, 0.5) is 0 Å². The molecule has 688 valence electrons. The molecule has 12 aromatic carbocycles. The van der Waals surface area contributed by atoms with Crippen molar-refractivity contribution in [1.82, 2.24) is 0 Å². The van der Waals surface area contributed by atoms with E-state index in [9.17, 15) is 28.8 Å². The Labute approximate surface area is 794 Å².